The maximum atomic E-state index is 13.7. The van der Waals surface area contributed by atoms with Crippen LogP contribution in [0, 0.1) is 5.92 Å². The van der Waals surface area contributed by atoms with Gasteiger partial charge in [0.05, 0.1) is 12.0 Å². The second kappa shape index (κ2) is 8.63. The number of carboxylic acid groups (broad SMARTS) is 1. The number of aromatic nitrogens is 1. The molecule has 0 aliphatic carbocycles. The molecule has 3 aromatic rings. The van der Waals surface area contributed by atoms with E-state index in [1.807, 2.05) is 68.4 Å². The van der Waals surface area contributed by atoms with Crippen LogP contribution in [0.25, 0.3) is 10.9 Å². The monoisotopic (exact) mass is 459 g/mol. The average Bonchev–Trinajstić information content (AvgIpc) is 3.40. The number of para-hydroxylation sites is 1. The number of hydrogen-bond donors (Lipinski definition) is 3. The number of aromatic amines is 1. The molecule has 7 nitrogen and oxygen atoms in total. The number of carbonyl (C=O) groups is 3. The fourth-order valence-corrected chi connectivity index (χ4v) is 5.53. The number of benzene rings is 2. The standard InChI is InChI=1S/C27H29N3O4/c1-3-15(2)23(27(33)34)29-25(31)22-14-19-17-11-7-8-12-20(17)28-24(19)21-13-18(26(32)30(21)22)16-9-5-4-6-10-16/h4-12,15,18,21-23,28H,3,13-14H2,1-2H3,(H,29,31)(H,33,34)/t15-,18?,21?,22-,23-/m0/s1. The van der Waals surface area contributed by atoms with E-state index in [2.05, 4.69) is 10.3 Å². The summed E-state index contributed by atoms with van der Waals surface area (Å²) in [5.41, 5.74) is 3.93. The summed E-state index contributed by atoms with van der Waals surface area (Å²) >= 11 is 0. The van der Waals surface area contributed by atoms with E-state index in [1.54, 1.807) is 4.90 Å². The number of hydrogen-bond acceptors (Lipinski definition) is 3. The van der Waals surface area contributed by atoms with Crippen LogP contribution in [-0.2, 0) is 20.8 Å². The van der Waals surface area contributed by atoms with Gasteiger partial charge in [-0.25, -0.2) is 4.79 Å². The van der Waals surface area contributed by atoms with Crippen molar-refractivity contribution >= 4 is 28.7 Å². The van der Waals surface area contributed by atoms with E-state index in [-0.39, 0.29) is 23.8 Å². The molecule has 1 aromatic heterocycles. The lowest BCUT2D eigenvalue weighted by atomic mass is 9.90. The van der Waals surface area contributed by atoms with Crippen molar-refractivity contribution in [3.8, 4) is 0 Å². The summed E-state index contributed by atoms with van der Waals surface area (Å²) in [4.78, 5) is 44.3. The van der Waals surface area contributed by atoms with Gasteiger partial charge in [0.1, 0.15) is 12.1 Å². The molecule has 3 heterocycles. The van der Waals surface area contributed by atoms with Gasteiger partial charge in [0.25, 0.3) is 0 Å². The van der Waals surface area contributed by atoms with Crippen molar-refractivity contribution < 1.29 is 19.5 Å². The van der Waals surface area contributed by atoms with Crippen LogP contribution >= 0.6 is 0 Å². The average molecular weight is 460 g/mol. The summed E-state index contributed by atoms with van der Waals surface area (Å²) in [5, 5.41) is 13.5. The minimum Gasteiger partial charge on any atom is -0.480 e. The molecule has 0 radical (unpaired) electrons. The molecule has 0 spiro atoms. The van der Waals surface area contributed by atoms with Crippen molar-refractivity contribution in [1.82, 2.24) is 15.2 Å². The zero-order valence-electron chi connectivity index (χ0n) is 19.3. The molecule has 7 heteroatoms. The van der Waals surface area contributed by atoms with E-state index < -0.39 is 24.0 Å². The summed E-state index contributed by atoms with van der Waals surface area (Å²) in [6.07, 6.45) is 1.54. The quantitative estimate of drug-likeness (QED) is 0.522. The van der Waals surface area contributed by atoms with E-state index in [1.165, 1.54) is 0 Å². The second-order valence-electron chi connectivity index (χ2n) is 9.45. The normalized spacial score (nSPS) is 23.3. The molecule has 2 aromatic carbocycles. The molecule has 0 saturated carbocycles. The molecule has 3 N–H and O–H groups in total. The Morgan fingerprint density at radius 1 is 1.15 bits per heavy atom. The summed E-state index contributed by atoms with van der Waals surface area (Å²) in [5.74, 6) is -2.12. The van der Waals surface area contributed by atoms with Gasteiger partial charge in [-0.3, -0.25) is 9.59 Å². The maximum absolute atomic E-state index is 13.7. The third kappa shape index (κ3) is 3.56. The van der Waals surface area contributed by atoms with Crippen molar-refractivity contribution in [2.75, 3.05) is 0 Å². The smallest absolute Gasteiger partial charge is 0.326 e. The topological polar surface area (TPSA) is 103 Å². The third-order valence-electron chi connectivity index (χ3n) is 7.54. The van der Waals surface area contributed by atoms with Crippen molar-refractivity contribution in [3.63, 3.8) is 0 Å². The van der Waals surface area contributed by atoms with E-state index in [9.17, 15) is 19.5 Å². The minimum absolute atomic E-state index is 0.0870. The molecule has 5 atom stereocenters. The summed E-state index contributed by atoms with van der Waals surface area (Å²) in [7, 11) is 0. The highest BCUT2D eigenvalue weighted by molar-refractivity contribution is 5.96. The Labute approximate surface area is 198 Å². The molecule has 1 saturated heterocycles. The fourth-order valence-electron chi connectivity index (χ4n) is 5.53. The summed E-state index contributed by atoms with van der Waals surface area (Å²) in [6.45, 7) is 3.71. The SMILES string of the molecule is CC[C@H](C)[C@H](NC(=O)[C@@H]1Cc2c([nH]c3ccccc23)C2CC(c3ccccc3)C(=O)N21)C(=O)O. The Bertz CT molecular complexity index is 1250. The third-order valence-corrected chi connectivity index (χ3v) is 7.54. The van der Waals surface area contributed by atoms with Gasteiger partial charge in [-0.1, -0.05) is 68.8 Å². The van der Waals surface area contributed by atoms with Crippen molar-refractivity contribution in [2.24, 2.45) is 5.92 Å². The van der Waals surface area contributed by atoms with Crippen LogP contribution in [0.2, 0.25) is 0 Å². The Hall–Kier alpha value is -3.61. The molecule has 34 heavy (non-hydrogen) atoms. The molecule has 2 aliphatic rings. The Morgan fingerprint density at radius 2 is 1.85 bits per heavy atom. The van der Waals surface area contributed by atoms with Crippen LogP contribution in [0.15, 0.2) is 54.6 Å². The van der Waals surface area contributed by atoms with Gasteiger partial charge in [0.2, 0.25) is 11.8 Å². The zero-order chi connectivity index (χ0) is 24.0. The number of carbonyl (C=O) groups excluding carboxylic acids is 2. The first-order chi connectivity index (χ1) is 16.4. The van der Waals surface area contributed by atoms with Crippen LogP contribution < -0.4 is 5.32 Å². The molecular formula is C27H29N3O4. The predicted molar refractivity (Wildman–Crippen MR) is 128 cm³/mol. The van der Waals surface area contributed by atoms with Crippen molar-refractivity contribution in [2.45, 2.75) is 57.2 Å². The fraction of sp³-hybridized carbons (Fsp3) is 0.370. The van der Waals surface area contributed by atoms with Crippen LogP contribution in [0.3, 0.4) is 0 Å². The van der Waals surface area contributed by atoms with Crippen molar-refractivity contribution in [3.05, 3.63) is 71.4 Å². The Morgan fingerprint density at radius 3 is 2.56 bits per heavy atom. The molecule has 1 fully saturated rings. The van der Waals surface area contributed by atoms with Gasteiger partial charge in [0.15, 0.2) is 0 Å². The highest BCUT2D eigenvalue weighted by Crippen LogP contribution is 2.48. The predicted octanol–water partition coefficient (Wildman–Crippen LogP) is 3.77. The molecule has 0 bridgehead atoms. The molecule has 2 amide bonds. The number of rotatable bonds is 6. The van der Waals surface area contributed by atoms with Gasteiger partial charge in [-0.05, 0) is 29.5 Å². The Kier molecular flexibility index (Phi) is 5.63. The van der Waals surface area contributed by atoms with E-state index in [0.717, 1.165) is 27.7 Å². The highest BCUT2D eigenvalue weighted by atomic mass is 16.4. The zero-order valence-corrected chi connectivity index (χ0v) is 19.3. The molecule has 176 valence electrons. The molecule has 5 rings (SSSR count). The largest absolute Gasteiger partial charge is 0.480 e. The number of nitrogens with one attached hydrogen (secondary N) is 2. The number of nitrogens with zero attached hydrogens (tertiary/aromatic N) is 1. The maximum Gasteiger partial charge on any atom is 0.326 e. The first-order valence-corrected chi connectivity index (χ1v) is 11.9. The van der Waals surface area contributed by atoms with Gasteiger partial charge < -0.3 is 20.3 Å². The number of H-pyrrole nitrogens is 1. The first kappa shape index (κ1) is 22.2. The number of carboxylic acids is 1. The lowest BCUT2D eigenvalue weighted by Gasteiger charge is -2.37. The summed E-state index contributed by atoms with van der Waals surface area (Å²) in [6, 6.07) is 15.6. The summed E-state index contributed by atoms with van der Waals surface area (Å²) < 4.78 is 0. The van der Waals surface area contributed by atoms with Crippen LogP contribution in [0.1, 0.15) is 55.5 Å². The van der Waals surface area contributed by atoms with Crippen LogP contribution in [0.5, 0.6) is 0 Å². The highest BCUT2D eigenvalue weighted by Gasteiger charge is 2.51. The number of amides is 2. The van der Waals surface area contributed by atoms with Gasteiger partial charge in [-0.15, -0.1) is 0 Å². The van der Waals surface area contributed by atoms with E-state index in [0.29, 0.717) is 19.3 Å². The van der Waals surface area contributed by atoms with E-state index in [4.69, 9.17) is 0 Å². The van der Waals surface area contributed by atoms with Gasteiger partial charge >= 0.3 is 5.97 Å². The minimum atomic E-state index is -1.06. The first-order valence-electron chi connectivity index (χ1n) is 11.9. The molecule has 2 aliphatic heterocycles. The number of aliphatic carboxylic acids is 1. The lowest BCUT2D eigenvalue weighted by molar-refractivity contribution is -0.146. The number of fused-ring (bicyclic) bond motifs is 5. The van der Waals surface area contributed by atoms with E-state index >= 15 is 0 Å². The van der Waals surface area contributed by atoms with Crippen LogP contribution in [-0.4, -0.2) is 44.9 Å². The van der Waals surface area contributed by atoms with Gasteiger partial charge in [-0.2, -0.15) is 0 Å². The lowest BCUT2D eigenvalue weighted by Crippen LogP contribution is -2.56. The second-order valence-corrected chi connectivity index (χ2v) is 9.45. The van der Waals surface area contributed by atoms with Crippen LogP contribution in [0.4, 0.5) is 0 Å². The molecule has 2 unspecified atom stereocenters. The van der Waals surface area contributed by atoms with Crippen molar-refractivity contribution in [1.29, 1.82) is 0 Å². The van der Waals surface area contributed by atoms with Gasteiger partial charge in [0, 0.05) is 23.0 Å². The molecular weight excluding hydrogens is 430 g/mol. The Balaban J connectivity index is 1.56.